The summed E-state index contributed by atoms with van der Waals surface area (Å²) < 4.78 is 40.2. The van der Waals surface area contributed by atoms with Crippen LogP contribution in [0.25, 0.3) is 0 Å². The van der Waals surface area contributed by atoms with Crippen LogP contribution in [0.4, 0.5) is 8.78 Å². The Morgan fingerprint density at radius 1 is 1.41 bits per heavy atom. The Bertz CT molecular complexity index is 393. The van der Waals surface area contributed by atoms with Crippen LogP contribution in [0, 0.1) is 18.6 Å². The fourth-order valence-electron chi connectivity index (χ4n) is 1.23. The molecule has 1 aromatic rings. The second-order valence-corrected chi connectivity index (χ2v) is 6.41. The molecule has 1 radical (unpaired) electrons. The summed E-state index contributed by atoms with van der Waals surface area (Å²) in [6.45, 7) is 8.75. The molecule has 0 saturated heterocycles. The molecule has 2 atom stereocenters. The molecule has 0 aliphatic heterocycles. The van der Waals surface area contributed by atoms with Gasteiger partial charge in [0.2, 0.25) is 0 Å². The lowest BCUT2D eigenvalue weighted by atomic mass is 10.1. The maximum atomic E-state index is 13.4. The van der Waals surface area contributed by atoms with Crippen LogP contribution in [-0.4, -0.2) is 9.30 Å². The van der Waals surface area contributed by atoms with Gasteiger partial charge in [-0.15, -0.1) is 4.72 Å². The molecule has 0 heterocycles. The van der Waals surface area contributed by atoms with Gasteiger partial charge < -0.3 is 4.55 Å². The predicted octanol–water partition coefficient (Wildman–Crippen LogP) is 2.89. The minimum atomic E-state index is -1.43. The van der Waals surface area contributed by atoms with Crippen LogP contribution in [0.15, 0.2) is 18.2 Å². The zero-order valence-electron chi connectivity index (χ0n) is 10.1. The van der Waals surface area contributed by atoms with E-state index in [1.807, 2.05) is 0 Å². The van der Waals surface area contributed by atoms with Gasteiger partial charge in [-0.1, -0.05) is 0 Å². The minimum Gasteiger partial charge on any atom is -0.598 e. The molecule has 0 amide bonds. The van der Waals surface area contributed by atoms with Crippen LogP contribution in [0.5, 0.6) is 0 Å². The largest absolute Gasteiger partial charge is 0.598 e. The van der Waals surface area contributed by atoms with Crippen molar-refractivity contribution in [2.24, 2.45) is 0 Å². The minimum absolute atomic E-state index is 0.155. The van der Waals surface area contributed by atoms with Gasteiger partial charge in [-0.2, -0.15) is 0 Å². The second kappa shape index (κ2) is 5.33. The monoisotopic (exact) mass is 260 g/mol. The standard InChI is InChI=1S/C12H16F2NOS/c1-8(15-17(16)12(2,3)4)10-7-9(13)5-6-11(10)14/h5-8,15H,2H2,1,3-4H3/t8-,17?/m1/s1. The summed E-state index contributed by atoms with van der Waals surface area (Å²) in [5.74, 6) is -1.04. The van der Waals surface area contributed by atoms with E-state index in [-0.39, 0.29) is 5.56 Å². The highest BCUT2D eigenvalue weighted by atomic mass is 32.2. The molecule has 1 aromatic carbocycles. The van der Waals surface area contributed by atoms with Gasteiger partial charge in [-0.3, -0.25) is 0 Å². The van der Waals surface area contributed by atoms with Gasteiger partial charge in [0, 0.05) is 23.8 Å². The Kier molecular flexibility index (Phi) is 4.52. The SMILES string of the molecule is [CH2]C(C)(C)[S+]([O-])N[C@H](C)c1cc(F)ccc1F. The summed E-state index contributed by atoms with van der Waals surface area (Å²) in [5, 5.41) is 0. The smallest absolute Gasteiger partial charge is 0.139 e. The van der Waals surface area contributed by atoms with E-state index in [0.717, 1.165) is 18.2 Å². The number of hydrogen-bond donors (Lipinski definition) is 1. The second-order valence-electron chi connectivity index (χ2n) is 4.53. The summed E-state index contributed by atoms with van der Waals surface area (Å²) in [4.78, 5) is 0. The lowest BCUT2D eigenvalue weighted by Gasteiger charge is -2.26. The molecule has 0 aliphatic carbocycles. The summed E-state index contributed by atoms with van der Waals surface area (Å²) in [5.41, 5.74) is 0.155. The van der Waals surface area contributed by atoms with Gasteiger partial charge in [0.05, 0.1) is 6.04 Å². The Morgan fingerprint density at radius 2 is 2.00 bits per heavy atom. The van der Waals surface area contributed by atoms with Crippen molar-refractivity contribution in [2.45, 2.75) is 31.6 Å². The van der Waals surface area contributed by atoms with Crippen molar-refractivity contribution in [1.29, 1.82) is 0 Å². The molecule has 95 valence electrons. The number of hydrogen-bond acceptors (Lipinski definition) is 2. The number of rotatable bonds is 4. The lowest BCUT2D eigenvalue weighted by molar-refractivity contribution is 0.526. The Balaban J connectivity index is 2.83. The molecule has 5 heteroatoms. The highest BCUT2D eigenvalue weighted by Gasteiger charge is 2.29. The van der Waals surface area contributed by atoms with Crippen LogP contribution in [0.1, 0.15) is 32.4 Å². The lowest BCUT2D eigenvalue weighted by Crippen LogP contribution is -2.41. The first-order chi connectivity index (χ1) is 7.71. The molecule has 1 rings (SSSR count). The zero-order valence-corrected chi connectivity index (χ0v) is 10.9. The van der Waals surface area contributed by atoms with Crippen molar-refractivity contribution in [1.82, 2.24) is 4.72 Å². The third kappa shape index (κ3) is 3.94. The maximum Gasteiger partial charge on any atom is 0.139 e. The van der Waals surface area contributed by atoms with Crippen molar-refractivity contribution in [3.8, 4) is 0 Å². The summed E-state index contributed by atoms with van der Waals surface area (Å²) in [6, 6.07) is 2.66. The normalized spacial score (nSPS) is 15.7. The fraction of sp³-hybridized carbons (Fsp3) is 0.417. The average Bonchev–Trinajstić information content (AvgIpc) is 2.20. The van der Waals surface area contributed by atoms with Gasteiger partial charge >= 0.3 is 0 Å². The molecule has 0 aliphatic rings. The molecule has 0 fully saturated rings. The van der Waals surface area contributed by atoms with Crippen molar-refractivity contribution >= 4 is 11.4 Å². The predicted molar refractivity (Wildman–Crippen MR) is 65.5 cm³/mol. The third-order valence-corrected chi connectivity index (χ3v) is 3.78. The molecular formula is C12H16F2NOS. The number of nitrogens with one attached hydrogen (secondary N) is 1. The first-order valence-electron chi connectivity index (χ1n) is 5.20. The van der Waals surface area contributed by atoms with Gasteiger partial charge in [0.25, 0.3) is 0 Å². The fourth-order valence-corrected chi connectivity index (χ4v) is 2.00. The highest BCUT2D eigenvalue weighted by Crippen LogP contribution is 2.22. The quantitative estimate of drug-likeness (QED) is 0.845. The van der Waals surface area contributed by atoms with Gasteiger partial charge in [-0.25, -0.2) is 8.78 Å². The molecule has 17 heavy (non-hydrogen) atoms. The first-order valence-corrected chi connectivity index (χ1v) is 6.35. The summed E-state index contributed by atoms with van der Waals surface area (Å²) in [6.07, 6.45) is 0. The van der Waals surface area contributed by atoms with Crippen LogP contribution in [-0.2, 0) is 11.4 Å². The van der Waals surface area contributed by atoms with E-state index in [2.05, 4.69) is 11.6 Å². The Morgan fingerprint density at radius 3 is 2.53 bits per heavy atom. The van der Waals surface area contributed by atoms with E-state index in [1.165, 1.54) is 0 Å². The van der Waals surface area contributed by atoms with E-state index in [9.17, 15) is 13.3 Å². The molecule has 0 saturated carbocycles. The molecule has 0 bridgehead atoms. The van der Waals surface area contributed by atoms with Crippen molar-refractivity contribution in [3.63, 3.8) is 0 Å². The number of benzene rings is 1. The van der Waals surface area contributed by atoms with Crippen LogP contribution < -0.4 is 4.72 Å². The van der Waals surface area contributed by atoms with E-state index in [0.29, 0.717) is 0 Å². The molecule has 0 aromatic heterocycles. The van der Waals surface area contributed by atoms with Crippen molar-refractivity contribution < 1.29 is 13.3 Å². The van der Waals surface area contributed by atoms with Gasteiger partial charge in [0.1, 0.15) is 16.4 Å². The van der Waals surface area contributed by atoms with Gasteiger partial charge in [-0.05, 0) is 39.0 Å². The summed E-state index contributed by atoms with van der Waals surface area (Å²) >= 11 is -1.43. The Labute approximate surface area is 104 Å². The molecular weight excluding hydrogens is 244 g/mol. The van der Waals surface area contributed by atoms with Gasteiger partial charge in [0.15, 0.2) is 0 Å². The molecule has 0 spiro atoms. The molecule has 2 nitrogen and oxygen atoms in total. The van der Waals surface area contributed by atoms with E-state index in [1.54, 1.807) is 20.8 Å². The highest BCUT2D eigenvalue weighted by molar-refractivity contribution is 7.90. The van der Waals surface area contributed by atoms with Crippen LogP contribution >= 0.6 is 0 Å². The van der Waals surface area contributed by atoms with E-state index in [4.69, 9.17) is 0 Å². The first kappa shape index (κ1) is 14.4. The molecule has 1 unspecified atom stereocenters. The number of halogens is 2. The van der Waals surface area contributed by atoms with Crippen molar-refractivity contribution in [2.75, 3.05) is 0 Å². The maximum absolute atomic E-state index is 13.4. The Hall–Kier alpha value is -0.650. The van der Waals surface area contributed by atoms with Crippen LogP contribution in [0.3, 0.4) is 0 Å². The van der Waals surface area contributed by atoms with Crippen LogP contribution in [0.2, 0.25) is 0 Å². The topological polar surface area (TPSA) is 35.1 Å². The molecule has 1 N–H and O–H groups in total. The summed E-state index contributed by atoms with van der Waals surface area (Å²) in [7, 11) is 0. The van der Waals surface area contributed by atoms with E-state index >= 15 is 0 Å². The van der Waals surface area contributed by atoms with E-state index < -0.39 is 33.8 Å². The van der Waals surface area contributed by atoms with Crippen molar-refractivity contribution in [3.05, 3.63) is 42.3 Å². The zero-order chi connectivity index (χ0) is 13.2. The third-order valence-electron chi connectivity index (χ3n) is 2.21. The average molecular weight is 260 g/mol.